The van der Waals surface area contributed by atoms with E-state index < -0.39 is 0 Å². The van der Waals surface area contributed by atoms with Crippen molar-refractivity contribution < 1.29 is 9.53 Å². The van der Waals surface area contributed by atoms with Gasteiger partial charge in [-0.25, -0.2) is 0 Å². The fourth-order valence-electron chi connectivity index (χ4n) is 1.53. The van der Waals surface area contributed by atoms with Crippen LogP contribution in [0.1, 0.15) is 12.0 Å². The minimum Gasteiger partial charge on any atom is -0.497 e. The van der Waals surface area contributed by atoms with Crippen molar-refractivity contribution in [2.45, 2.75) is 6.42 Å². The quantitative estimate of drug-likeness (QED) is 0.686. The number of ketones is 1. The Labute approximate surface area is 88.9 Å². The van der Waals surface area contributed by atoms with Gasteiger partial charge in [-0.1, -0.05) is 18.2 Å². The molecule has 76 valence electrons. The van der Waals surface area contributed by atoms with Crippen LogP contribution in [0.2, 0.25) is 0 Å². The SMILES string of the molecule is COc1ccc(/C=C2/CC=CC2=O)cc1. The molecule has 0 fully saturated rings. The zero-order valence-corrected chi connectivity index (χ0v) is 8.57. The van der Waals surface area contributed by atoms with Crippen LogP contribution in [0.25, 0.3) is 6.08 Å². The maximum absolute atomic E-state index is 11.3. The number of allylic oxidation sites excluding steroid dienone is 3. The van der Waals surface area contributed by atoms with Crippen molar-refractivity contribution >= 4 is 11.9 Å². The zero-order valence-electron chi connectivity index (χ0n) is 8.57. The number of hydrogen-bond donors (Lipinski definition) is 0. The predicted molar refractivity (Wildman–Crippen MR) is 59.7 cm³/mol. The lowest BCUT2D eigenvalue weighted by molar-refractivity contribution is -0.110. The van der Waals surface area contributed by atoms with Crippen molar-refractivity contribution in [1.29, 1.82) is 0 Å². The van der Waals surface area contributed by atoms with Crippen molar-refractivity contribution in [1.82, 2.24) is 0 Å². The first-order valence-electron chi connectivity index (χ1n) is 4.85. The van der Waals surface area contributed by atoms with Crippen LogP contribution in [0.5, 0.6) is 5.75 Å². The molecule has 0 unspecified atom stereocenters. The van der Waals surface area contributed by atoms with E-state index in [1.165, 1.54) is 0 Å². The number of hydrogen-bond acceptors (Lipinski definition) is 2. The van der Waals surface area contributed by atoms with E-state index in [0.717, 1.165) is 23.3 Å². The van der Waals surface area contributed by atoms with E-state index in [2.05, 4.69) is 0 Å². The van der Waals surface area contributed by atoms with Crippen LogP contribution in [-0.2, 0) is 4.79 Å². The number of rotatable bonds is 2. The topological polar surface area (TPSA) is 26.3 Å². The third-order valence-electron chi connectivity index (χ3n) is 2.38. The summed E-state index contributed by atoms with van der Waals surface area (Å²) in [7, 11) is 1.64. The molecular formula is C13H12O2. The number of carbonyl (C=O) groups is 1. The summed E-state index contributed by atoms with van der Waals surface area (Å²) in [5.41, 5.74) is 1.88. The highest BCUT2D eigenvalue weighted by atomic mass is 16.5. The molecule has 0 spiro atoms. The summed E-state index contributed by atoms with van der Waals surface area (Å²) in [5.74, 6) is 0.943. The Morgan fingerprint density at radius 3 is 2.53 bits per heavy atom. The molecule has 1 aliphatic carbocycles. The molecule has 0 saturated carbocycles. The van der Waals surface area contributed by atoms with Gasteiger partial charge in [0.25, 0.3) is 0 Å². The second kappa shape index (κ2) is 4.13. The van der Waals surface area contributed by atoms with Crippen LogP contribution in [0.15, 0.2) is 42.0 Å². The Bertz CT molecular complexity index is 424. The normalized spacial score (nSPS) is 17.4. The first-order chi connectivity index (χ1) is 7.29. The minimum absolute atomic E-state index is 0.116. The maximum Gasteiger partial charge on any atom is 0.181 e. The Morgan fingerprint density at radius 1 is 1.27 bits per heavy atom. The molecule has 1 aromatic carbocycles. The van der Waals surface area contributed by atoms with Crippen LogP contribution in [0.3, 0.4) is 0 Å². The Hall–Kier alpha value is -1.83. The van der Waals surface area contributed by atoms with E-state index in [4.69, 9.17) is 4.74 Å². The average Bonchev–Trinajstić information content (AvgIpc) is 2.66. The molecular weight excluding hydrogens is 188 g/mol. The van der Waals surface area contributed by atoms with Crippen LogP contribution >= 0.6 is 0 Å². The molecule has 0 bridgehead atoms. The largest absolute Gasteiger partial charge is 0.497 e. The average molecular weight is 200 g/mol. The van der Waals surface area contributed by atoms with E-state index in [1.807, 2.05) is 36.4 Å². The van der Waals surface area contributed by atoms with Crippen LogP contribution in [0, 0.1) is 0 Å². The minimum atomic E-state index is 0.116. The summed E-state index contributed by atoms with van der Waals surface area (Å²) in [6, 6.07) is 7.66. The van der Waals surface area contributed by atoms with Crippen LogP contribution in [0.4, 0.5) is 0 Å². The van der Waals surface area contributed by atoms with E-state index in [-0.39, 0.29) is 5.78 Å². The molecule has 0 saturated heterocycles. The lowest BCUT2D eigenvalue weighted by Gasteiger charge is -2.00. The van der Waals surface area contributed by atoms with Gasteiger partial charge in [0.05, 0.1) is 7.11 Å². The molecule has 1 aliphatic rings. The second-order valence-electron chi connectivity index (χ2n) is 3.41. The molecule has 0 aliphatic heterocycles. The Morgan fingerprint density at radius 2 is 2.00 bits per heavy atom. The van der Waals surface area contributed by atoms with Gasteiger partial charge < -0.3 is 4.74 Å². The number of benzene rings is 1. The van der Waals surface area contributed by atoms with Crippen molar-refractivity contribution in [2.75, 3.05) is 7.11 Å². The second-order valence-corrected chi connectivity index (χ2v) is 3.41. The summed E-state index contributed by atoms with van der Waals surface area (Å²) in [4.78, 5) is 11.3. The molecule has 15 heavy (non-hydrogen) atoms. The Balaban J connectivity index is 2.20. The number of carbonyl (C=O) groups excluding carboxylic acids is 1. The van der Waals surface area contributed by atoms with Gasteiger partial charge in [0.2, 0.25) is 0 Å². The molecule has 2 nitrogen and oxygen atoms in total. The van der Waals surface area contributed by atoms with Gasteiger partial charge in [0, 0.05) is 5.57 Å². The van der Waals surface area contributed by atoms with Gasteiger partial charge in [-0.3, -0.25) is 4.79 Å². The highest BCUT2D eigenvalue weighted by Crippen LogP contribution is 2.19. The third-order valence-corrected chi connectivity index (χ3v) is 2.38. The molecule has 0 N–H and O–H groups in total. The molecule has 0 atom stereocenters. The van der Waals surface area contributed by atoms with E-state index in [1.54, 1.807) is 13.2 Å². The van der Waals surface area contributed by atoms with Gasteiger partial charge >= 0.3 is 0 Å². The Kier molecular flexibility index (Phi) is 2.68. The van der Waals surface area contributed by atoms with Gasteiger partial charge in [-0.05, 0) is 36.3 Å². The highest BCUT2D eigenvalue weighted by molar-refractivity contribution is 6.09. The molecule has 2 rings (SSSR count). The predicted octanol–water partition coefficient (Wildman–Crippen LogP) is 2.61. The highest BCUT2D eigenvalue weighted by Gasteiger charge is 2.09. The molecule has 0 amide bonds. The van der Waals surface area contributed by atoms with Gasteiger partial charge in [0.15, 0.2) is 5.78 Å². The van der Waals surface area contributed by atoms with Crippen molar-refractivity contribution in [3.8, 4) is 5.75 Å². The van der Waals surface area contributed by atoms with Crippen LogP contribution in [-0.4, -0.2) is 12.9 Å². The van der Waals surface area contributed by atoms with Crippen molar-refractivity contribution in [3.05, 3.63) is 47.6 Å². The van der Waals surface area contributed by atoms with Crippen molar-refractivity contribution in [2.24, 2.45) is 0 Å². The summed E-state index contributed by atoms with van der Waals surface area (Å²) in [6.45, 7) is 0. The first kappa shape index (κ1) is 9.71. The summed E-state index contributed by atoms with van der Waals surface area (Å²) < 4.78 is 5.06. The van der Waals surface area contributed by atoms with Gasteiger partial charge in [-0.2, -0.15) is 0 Å². The van der Waals surface area contributed by atoms with Gasteiger partial charge in [0.1, 0.15) is 5.75 Å². The van der Waals surface area contributed by atoms with Crippen LogP contribution < -0.4 is 4.74 Å². The van der Waals surface area contributed by atoms with Gasteiger partial charge in [-0.15, -0.1) is 0 Å². The van der Waals surface area contributed by atoms with E-state index in [9.17, 15) is 4.79 Å². The summed E-state index contributed by atoms with van der Waals surface area (Å²) in [5, 5.41) is 0. The summed E-state index contributed by atoms with van der Waals surface area (Å²) >= 11 is 0. The lowest BCUT2D eigenvalue weighted by atomic mass is 10.1. The third kappa shape index (κ3) is 2.15. The molecule has 1 aromatic rings. The maximum atomic E-state index is 11.3. The fraction of sp³-hybridized carbons (Fsp3) is 0.154. The summed E-state index contributed by atoms with van der Waals surface area (Å²) in [6.07, 6.45) is 6.17. The zero-order chi connectivity index (χ0) is 10.7. The standard InChI is InChI=1S/C13H12O2/c1-15-12-7-5-10(6-8-12)9-11-3-2-4-13(11)14/h2,4-9H,3H2,1H3/b11-9-. The molecule has 0 radical (unpaired) electrons. The number of ether oxygens (including phenoxy) is 1. The number of methoxy groups -OCH3 is 1. The molecule has 0 heterocycles. The first-order valence-corrected chi connectivity index (χ1v) is 4.85. The molecule has 2 heteroatoms. The monoisotopic (exact) mass is 200 g/mol. The van der Waals surface area contributed by atoms with Crippen molar-refractivity contribution in [3.63, 3.8) is 0 Å². The lowest BCUT2D eigenvalue weighted by Crippen LogP contribution is -1.90. The smallest absolute Gasteiger partial charge is 0.181 e. The fourth-order valence-corrected chi connectivity index (χ4v) is 1.53. The molecule has 0 aromatic heterocycles. The van der Waals surface area contributed by atoms with E-state index >= 15 is 0 Å². The van der Waals surface area contributed by atoms with E-state index in [0.29, 0.717) is 0 Å².